The average Bonchev–Trinajstić information content (AvgIpc) is 3.45. The highest BCUT2D eigenvalue weighted by atomic mass is 19.1. The average molecular weight is 439 g/mol. The normalized spacial score (nSPS) is 20.0. The molecule has 2 fully saturated rings. The van der Waals surface area contributed by atoms with Crippen molar-refractivity contribution in [1.82, 2.24) is 20.5 Å². The Morgan fingerprint density at radius 3 is 2.77 bits per heavy atom. The molecule has 3 rings (SSSR count). The van der Waals surface area contributed by atoms with Gasteiger partial charge in [-0.25, -0.2) is 15.0 Å². The predicted molar refractivity (Wildman–Crippen MR) is 111 cm³/mol. The maximum absolute atomic E-state index is 15.1. The van der Waals surface area contributed by atoms with Gasteiger partial charge in [-0.3, -0.25) is 25.6 Å². The fourth-order valence-electron chi connectivity index (χ4n) is 4.35. The molecule has 2 amide bonds. The summed E-state index contributed by atoms with van der Waals surface area (Å²) < 4.78 is 20.4. The van der Waals surface area contributed by atoms with E-state index in [2.05, 4.69) is 20.8 Å². The van der Waals surface area contributed by atoms with Crippen molar-refractivity contribution >= 4 is 24.0 Å². The lowest BCUT2D eigenvalue weighted by atomic mass is 9.92. The quantitative estimate of drug-likeness (QED) is 0.286. The molecule has 1 aliphatic carbocycles. The largest absolute Gasteiger partial charge is 0.380 e. The summed E-state index contributed by atoms with van der Waals surface area (Å²) in [5.41, 5.74) is 5.06. The van der Waals surface area contributed by atoms with E-state index < -0.39 is 17.6 Å². The number of hydroxylamine groups is 2. The molecule has 0 bridgehead atoms. The van der Waals surface area contributed by atoms with Gasteiger partial charge in [-0.1, -0.05) is 25.7 Å². The van der Waals surface area contributed by atoms with Gasteiger partial charge in [-0.05, 0) is 25.7 Å². The van der Waals surface area contributed by atoms with Crippen molar-refractivity contribution in [2.45, 2.75) is 51.6 Å². The highest BCUT2D eigenvalue weighted by Crippen LogP contribution is 2.31. The van der Waals surface area contributed by atoms with Gasteiger partial charge in [-0.2, -0.15) is 4.39 Å². The van der Waals surface area contributed by atoms with E-state index in [9.17, 15) is 14.8 Å². The Kier molecular flexibility index (Phi) is 7.97. The molecule has 1 aromatic heterocycles. The molecule has 3 N–H and O–H groups in total. The zero-order valence-corrected chi connectivity index (χ0v) is 18.0. The zero-order valence-electron chi connectivity index (χ0n) is 18.0. The summed E-state index contributed by atoms with van der Waals surface area (Å²) in [5, 5.41) is 10.0. The molecule has 31 heavy (non-hydrogen) atoms. The smallest absolute Gasteiger partial charge is 0.243 e. The van der Waals surface area contributed by atoms with Gasteiger partial charge in [-0.15, -0.1) is 0 Å². The fraction of sp³-hybridized carbons (Fsp3) is 0.700. The number of anilines is 2. The SMILES string of the molecule is CO[C@@H]1CCN(c2nc(C)nc(NNC(=O)[C@@H](CC3CCCC3)CN(O)C=O)c2F)C1. The molecule has 2 aliphatic rings. The minimum atomic E-state index is -0.660. The minimum absolute atomic E-state index is 0.0152. The summed E-state index contributed by atoms with van der Waals surface area (Å²) in [6, 6.07) is 0. The number of methoxy groups -OCH3 is 1. The Labute approximate surface area is 181 Å². The molecule has 10 nitrogen and oxygen atoms in total. The molecule has 0 radical (unpaired) electrons. The molecule has 2 atom stereocenters. The van der Waals surface area contributed by atoms with Crippen LogP contribution in [0.25, 0.3) is 0 Å². The number of amides is 2. The van der Waals surface area contributed by atoms with Gasteiger partial charge in [0.1, 0.15) is 5.82 Å². The number of hydrogen-bond acceptors (Lipinski definition) is 8. The van der Waals surface area contributed by atoms with Crippen LogP contribution >= 0.6 is 0 Å². The summed E-state index contributed by atoms with van der Waals surface area (Å²) in [4.78, 5) is 33.7. The van der Waals surface area contributed by atoms with Crippen LogP contribution < -0.4 is 15.8 Å². The van der Waals surface area contributed by atoms with Gasteiger partial charge in [0.15, 0.2) is 11.6 Å². The van der Waals surface area contributed by atoms with E-state index in [-0.39, 0.29) is 30.7 Å². The number of aromatic nitrogens is 2. The molecule has 172 valence electrons. The highest BCUT2D eigenvalue weighted by molar-refractivity contribution is 5.80. The van der Waals surface area contributed by atoms with E-state index in [1.165, 1.54) is 0 Å². The van der Waals surface area contributed by atoms with Crippen LogP contribution in [0.3, 0.4) is 0 Å². The summed E-state index contributed by atoms with van der Waals surface area (Å²) in [6.07, 6.45) is 5.87. The van der Waals surface area contributed by atoms with Crippen LogP contribution in [0.2, 0.25) is 0 Å². The van der Waals surface area contributed by atoms with Crippen molar-refractivity contribution < 1.29 is 23.9 Å². The molecule has 2 heterocycles. The van der Waals surface area contributed by atoms with Gasteiger partial charge < -0.3 is 9.64 Å². The number of hydrazine groups is 1. The molecule has 0 unspecified atom stereocenters. The summed E-state index contributed by atoms with van der Waals surface area (Å²) in [5.74, 6) is -0.973. The molecule has 1 saturated heterocycles. The maximum atomic E-state index is 15.1. The molecule has 1 saturated carbocycles. The van der Waals surface area contributed by atoms with Crippen LogP contribution in [0.5, 0.6) is 0 Å². The molecule has 1 aliphatic heterocycles. The lowest BCUT2D eigenvalue weighted by molar-refractivity contribution is -0.154. The summed E-state index contributed by atoms with van der Waals surface area (Å²) >= 11 is 0. The number of ether oxygens (including phenoxy) is 1. The van der Waals surface area contributed by atoms with Crippen LogP contribution in [-0.4, -0.2) is 65.4 Å². The molecular weight excluding hydrogens is 407 g/mol. The molecule has 1 aromatic rings. The van der Waals surface area contributed by atoms with Gasteiger partial charge in [0.05, 0.1) is 18.6 Å². The van der Waals surface area contributed by atoms with E-state index in [1.54, 1.807) is 18.9 Å². The van der Waals surface area contributed by atoms with E-state index in [1.807, 2.05) is 0 Å². The van der Waals surface area contributed by atoms with Crippen LogP contribution in [0.1, 0.15) is 44.3 Å². The standard InChI is InChI=1S/C20H31FN6O4/c1-13-22-18(17(21)19(23-13)26-8-7-16(11-26)31-2)24-25-20(29)15(10-27(30)12-28)9-14-5-3-4-6-14/h12,14-16,30H,3-11H2,1-2H3,(H,25,29)(H,22,23,24)/t15-,16+/m0/s1. The number of carbonyl (C=O) groups excluding carboxylic acids is 2. The van der Waals surface area contributed by atoms with Crippen LogP contribution in [0, 0.1) is 24.6 Å². The van der Waals surface area contributed by atoms with E-state index in [0.29, 0.717) is 36.3 Å². The fourth-order valence-corrected chi connectivity index (χ4v) is 4.35. The first kappa shape index (κ1) is 23.1. The number of hydrogen-bond donors (Lipinski definition) is 3. The highest BCUT2D eigenvalue weighted by Gasteiger charge is 2.29. The van der Waals surface area contributed by atoms with Crippen LogP contribution in [-0.2, 0) is 14.3 Å². The first-order chi connectivity index (χ1) is 14.9. The van der Waals surface area contributed by atoms with Crippen molar-refractivity contribution in [3.63, 3.8) is 0 Å². The van der Waals surface area contributed by atoms with Gasteiger partial charge in [0.25, 0.3) is 0 Å². The molecular formula is C20H31FN6O4. The van der Waals surface area contributed by atoms with Gasteiger partial charge in [0, 0.05) is 20.2 Å². The topological polar surface area (TPSA) is 120 Å². The van der Waals surface area contributed by atoms with Crippen molar-refractivity contribution in [2.24, 2.45) is 11.8 Å². The third-order valence-corrected chi connectivity index (χ3v) is 6.02. The van der Waals surface area contributed by atoms with Crippen LogP contribution in [0.15, 0.2) is 0 Å². The van der Waals surface area contributed by atoms with Crippen molar-refractivity contribution in [2.75, 3.05) is 37.1 Å². The van der Waals surface area contributed by atoms with Gasteiger partial charge in [0.2, 0.25) is 18.1 Å². The first-order valence-corrected chi connectivity index (χ1v) is 10.7. The second-order valence-electron chi connectivity index (χ2n) is 8.27. The summed E-state index contributed by atoms with van der Waals surface area (Å²) in [6.45, 7) is 2.66. The van der Waals surface area contributed by atoms with Crippen LogP contribution in [0.4, 0.5) is 16.0 Å². The Balaban J connectivity index is 1.67. The number of aryl methyl sites for hydroxylation is 1. The monoisotopic (exact) mass is 438 g/mol. The Morgan fingerprint density at radius 1 is 1.39 bits per heavy atom. The second kappa shape index (κ2) is 10.7. The molecule has 0 aromatic carbocycles. The van der Waals surface area contributed by atoms with E-state index in [0.717, 1.165) is 32.1 Å². The number of halogens is 1. The Morgan fingerprint density at radius 2 is 2.13 bits per heavy atom. The maximum Gasteiger partial charge on any atom is 0.243 e. The van der Waals surface area contributed by atoms with Gasteiger partial charge >= 0.3 is 0 Å². The van der Waals surface area contributed by atoms with Crippen molar-refractivity contribution in [3.8, 4) is 0 Å². The summed E-state index contributed by atoms with van der Waals surface area (Å²) in [7, 11) is 1.62. The number of carbonyl (C=O) groups is 2. The van der Waals surface area contributed by atoms with E-state index in [4.69, 9.17) is 4.74 Å². The Hall–Kier alpha value is -2.53. The number of nitrogens with zero attached hydrogens (tertiary/aromatic N) is 4. The van der Waals surface area contributed by atoms with Crippen molar-refractivity contribution in [3.05, 3.63) is 11.6 Å². The predicted octanol–water partition coefficient (Wildman–Crippen LogP) is 1.64. The number of rotatable bonds is 10. The molecule has 0 spiro atoms. The molecule has 11 heteroatoms. The third-order valence-electron chi connectivity index (χ3n) is 6.02. The second-order valence-corrected chi connectivity index (χ2v) is 8.27. The minimum Gasteiger partial charge on any atom is -0.380 e. The lowest BCUT2D eigenvalue weighted by Gasteiger charge is -2.23. The zero-order chi connectivity index (χ0) is 22.4. The third kappa shape index (κ3) is 6.01. The van der Waals surface area contributed by atoms with Crippen molar-refractivity contribution in [1.29, 1.82) is 0 Å². The van der Waals surface area contributed by atoms with E-state index >= 15 is 4.39 Å². The Bertz CT molecular complexity index is 776. The lowest BCUT2D eigenvalue weighted by Crippen LogP contribution is -2.41. The first-order valence-electron chi connectivity index (χ1n) is 10.7. The number of nitrogens with one attached hydrogen (secondary N) is 2.